The molecular weight excluding hydrogens is 370 g/mol. The van der Waals surface area contributed by atoms with Gasteiger partial charge in [-0.1, -0.05) is 19.8 Å². The first-order valence-corrected chi connectivity index (χ1v) is 9.88. The van der Waals surface area contributed by atoms with Gasteiger partial charge < -0.3 is 19.2 Å². The third-order valence-electron chi connectivity index (χ3n) is 5.24. The molecule has 0 bridgehead atoms. The average Bonchev–Trinajstić information content (AvgIpc) is 3.23. The van der Waals surface area contributed by atoms with Gasteiger partial charge in [-0.2, -0.15) is 0 Å². The minimum Gasteiger partial charge on any atom is -0.507 e. The second-order valence-electron chi connectivity index (χ2n) is 7.33. The van der Waals surface area contributed by atoms with Crippen LogP contribution in [0.4, 0.5) is 0 Å². The van der Waals surface area contributed by atoms with Gasteiger partial charge >= 0.3 is 0 Å². The van der Waals surface area contributed by atoms with Gasteiger partial charge in [0.25, 0.3) is 11.7 Å². The number of carbonyl (C=O) groups is 2. The summed E-state index contributed by atoms with van der Waals surface area (Å²) in [6.07, 6.45) is 2.73. The second-order valence-corrected chi connectivity index (χ2v) is 7.33. The molecule has 1 atom stereocenters. The molecule has 1 aromatic carbocycles. The summed E-state index contributed by atoms with van der Waals surface area (Å²) < 4.78 is 11.0. The van der Waals surface area contributed by atoms with E-state index in [1.165, 1.54) is 4.90 Å². The van der Waals surface area contributed by atoms with Crippen molar-refractivity contribution in [2.75, 3.05) is 13.7 Å². The standard InChI is InChI=1S/C23H27NO5/c1-5-6-7-12-24-20(18-10-8-15(3)29-18)19(22(26)23(24)27)21(25)16-9-11-17(28-4)14(2)13-16/h8-11,13,20,25H,5-7,12H2,1-4H3/b21-19-. The molecule has 1 aliphatic rings. The van der Waals surface area contributed by atoms with Crippen molar-refractivity contribution in [1.82, 2.24) is 4.90 Å². The van der Waals surface area contributed by atoms with Crippen molar-refractivity contribution in [3.63, 3.8) is 0 Å². The molecule has 0 aliphatic carbocycles. The Kier molecular flexibility index (Phi) is 6.11. The molecule has 29 heavy (non-hydrogen) atoms. The minimum absolute atomic E-state index is 0.0606. The third kappa shape index (κ3) is 3.92. The van der Waals surface area contributed by atoms with Crippen molar-refractivity contribution < 1.29 is 23.8 Å². The maximum atomic E-state index is 12.9. The molecule has 0 spiro atoms. The first-order chi connectivity index (χ1) is 13.9. The molecule has 1 saturated heterocycles. The van der Waals surface area contributed by atoms with Crippen molar-refractivity contribution in [3.8, 4) is 5.75 Å². The molecular formula is C23H27NO5. The highest BCUT2D eigenvalue weighted by Crippen LogP contribution is 2.40. The Bertz CT molecular complexity index is 956. The molecule has 1 unspecified atom stereocenters. The van der Waals surface area contributed by atoms with Crippen LogP contribution in [0.3, 0.4) is 0 Å². The highest BCUT2D eigenvalue weighted by atomic mass is 16.5. The number of unbranched alkanes of at least 4 members (excludes halogenated alkanes) is 2. The van der Waals surface area contributed by atoms with Gasteiger partial charge in [0.15, 0.2) is 0 Å². The van der Waals surface area contributed by atoms with Gasteiger partial charge in [-0.05, 0) is 56.2 Å². The average molecular weight is 397 g/mol. The number of carbonyl (C=O) groups excluding carboxylic acids is 2. The minimum atomic E-state index is -0.733. The maximum absolute atomic E-state index is 12.9. The molecule has 2 heterocycles. The number of aliphatic hydroxyl groups is 1. The number of aryl methyl sites for hydroxylation is 2. The molecule has 1 fully saturated rings. The molecule has 2 aromatic rings. The van der Waals surface area contributed by atoms with E-state index in [0.717, 1.165) is 24.8 Å². The van der Waals surface area contributed by atoms with Gasteiger partial charge in [-0.25, -0.2) is 0 Å². The van der Waals surface area contributed by atoms with Gasteiger partial charge in [-0.15, -0.1) is 0 Å². The van der Waals surface area contributed by atoms with Gasteiger partial charge in [-0.3, -0.25) is 9.59 Å². The SMILES string of the molecule is CCCCCN1C(=O)C(=O)/C(=C(\O)c2ccc(OC)c(C)c2)C1c1ccc(C)o1. The first-order valence-electron chi connectivity index (χ1n) is 9.88. The van der Waals surface area contributed by atoms with Crippen LogP contribution in [-0.4, -0.2) is 35.4 Å². The molecule has 3 rings (SSSR count). The number of methoxy groups -OCH3 is 1. The lowest BCUT2D eigenvalue weighted by Crippen LogP contribution is -2.30. The number of ether oxygens (including phenoxy) is 1. The number of nitrogens with zero attached hydrogens (tertiary/aromatic N) is 1. The van der Waals surface area contributed by atoms with E-state index in [4.69, 9.17) is 9.15 Å². The van der Waals surface area contributed by atoms with E-state index in [-0.39, 0.29) is 11.3 Å². The monoisotopic (exact) mass is 397 g/mol. The molecule has 0 radical (unpaired) electrons. The zero-order chi connectivity index (χ0) is 21.1. The number of hydrogen-bond donors (Lipinski definition) is 1. The van der Waals surface area contributed by atoms with Gasteiger partial charge in [0, 0.05) is 12.1 Å². The van der Waals surface area contributed by atoms with E-state index in [2.05, 4.69) is 6.92 Å². The number of Topliss-reactive ketones (excluding diaryl/α,β-unsaturated/α-hetero) is 1. The van der Waals surface area contributed by atoms with Gasteiger partial charge in [0.2, 0.25) is 0 Å². The molecule has 1 aliphatic heterocycles. The predicted molar refractivity (Wildman–Crippen MR) is 110 cm³/mol. The Morgan fingerprint density at radius 2 is 1.93 bits per heavy atom. The van der Waals surface area contributed by atoms with Crippen LogP contribution in [0, 0.1) is 13.8 Å². The first kappa shape index (κ1) is 20.7. The van der Waals surface area contributed by atoms with E-state index < -0.39 is 17.7 Å². The maximum Gasteiger partial charge on any atom is 0.295 e. The van der Waals surface area contributed by atoms with Crippen LogP contribution in [0.15, 0.2) is 40.3 Å². The summed E-state index contributed by atoms with van der Waals surface area (Å²) in [6, 6.07) is 7.96. The lowest BCUT2D eigenvalue weighted by atomic mass is 9.98. The smallest absolute Gasteiger partial charge is 0.295 e. The quantitative estimate of drug-likeness (QED) is 0.322. The lowest BCUT2D eigenvalue weighted by Gasteiger charge is -2.23. The Labute approximate surface area is 170 Å². The van der Waals surface area contributed by atoms with Crippen LogP contribution in [0.2, 0.25) is 0 Å². The number of amides is 1. The zero-order valence-electron chi connectivity index (χ0n) is 17.3. The third-order valence-corrected chi connectivity index (χ3v) is 5.24. The lowest BCUT2D eigenvalue weighted by molar-refractivity contribution is -0.140. The number of benzene rings is 1. The number of rotatable bonds is 7. The van der Waals surface area contributed by atoms with E-state index in [1.807, 2.05) is 6.92 Å². The van der Waals surface area contributed by atoms with Crippen molar-refractivity contribution in [1.29, 1.82) is 0 Å². The summed E-state index contributed by atoms with van der Waals surface area (Å²) in [6.45, 7) is 6.17. The van der Waals surface area contributed by atoms with E-state index in [9.17, 15) is 14.7 Å². The Balaban J connectivity index is 2.10. The molecule has 1 N–H and O–H groups in total. The summed E-state index contributed by atoms with van der Waals surface area (Å²) in [5.41, 5.74) is 1.34. The van der Waals surface area contributed by atoms with Crippen molar-refractivity contribution in [2.24, 2.45) is 0 Å². The fourth-order valence-corrected chi connectivity index (χ4v) is 3.72. The number of furan rings is 1. The van der Waals surface area contributed by atoms with Crippen molar-refractivity contribution >= 4 is 17.4 Å². The topological polar surface area (TPSA) is 80.0 Å². The number of ketones is 1. The van der Waals surface area contributed by atoms with Crippen LogP contribution in [0.5, 0.6) is 5.75 Å². The molecule has 154 valence electrons. The molecule has 1 aromatic heterocycles. The fourth-order valence-electron chi connectivity index (χ4n) is 3.72. The Morgan fingerprint density at radius 3 is 2.52 bits per heavy atom. The summed E-state index contributed by atoms with van der Waals surface area (Å²) in [7, 11) is 1.57. The highest BCUT2D eigenvalue weighted by molar-refractivity contribution is 6.46. The van der Waals surface area contributed by atoms with Crippen LogP contribution in [0.1, 0.15) is 54.9 Å². The van der Waals surface area contributed by atoms with E-state index in [1.54, 1.807) is 44.4 Å². The fraction of sp³-hybridized carbons (Fsp3) is 0.391. The number of hydrogen-bond acceptors (Lipinski definition) is 5. The largest absolute Gasteiger partial charge is 0.507 e. The summed E-state index contributed by atoms with van der Waals surface area (Å²) in [5.74, 6) is 0.341. The van der Waals surface area contributed by atoms with E-state index in [0.29, 0.717) is 29.4 Å². The molecule has 0 saturated carbocycles. The molecule has 6 heteroatoms. The zero-order valence-corrected chi connectivity index (χ0v) is 17.3. The highest BCUT2D eigenvalue weighted by Gasteiger charge is 2.47. The summed E-state index contributed by atoms with van der Waals surface area (Å²) in [4.78, 5) is 27.2. The van der Waals surface area contributed by atoms with Crippen LogP contribution in [0.25, 0.3) is 5.76 Å². The molecule has 1 amide bonds. The second kappa shape index (κ2) is 8.55. The van der Waals surface area contributed by atoms with Crippen LogP contribution >= 0.6 is 0 Å². The molecule has 6 nitrogen and oxygen atoms in total. The number of aliphatic hydroxyl groups excluding tert-OH is 1. The normalized spacial score (nSPS) is 18.5. The van der Waals surface area contributed by atoms with Crippen LogP contribution < -0.4 is 4.74 Å². The van der Waals surface area contributed by atoms with Gasteiger partial charge in [0.05, 0.1) is 12.7 Å². The number of likely N-dealkylation sites (tertiary alicyclic amines) is 1. The Hall–Kier alpha value is -3.02. The van der Waals surface area contributed by atoms with E-state index >= 15 is 0 Å². The Morgan fingerprint density at radius 1 is 1.17 bits per heavy atom. The predicted octanol–water partition coefficient (Wildman–Crippen LogP) is 4.52. The van der Waals surface area contributed by atoms with Gasteiger partial charge in [0.1, 0.15) is 29.1 Å². The van der Waals surface area contributed by atoms with Crippen LogP contribution in [-0.2, 0) is 9.59 Å². The van der Waals surface area contributed by atoms with Crippen molar-refractivity contribution in [2.45, 2.75) is 46.1 Å². The van der Waals surface area contributed by atoms with Crippen molar-refractivity contribution in [3.05, 3.63) is 58.6 Å². The summed E-state index contributed by atoms with van der Waals surface area (Å²) >= 11 is 0. The summed E-state index contributed by atoms with van der Waals surface area (Å²) in [5, 5.41) is 11.0.